The average Bonchev–Trinajstić information content (AvgIpc) is 3.04. The minimum Gasteiger partial charge on any atom is -0.376 e. The maximum atomic E-state index is 5.69. The molecule has 0 aliphatic carbocycles. The van der Waals surface area contributed by atoms with Crippen LogP contribution < -0.4 is 5.32 Å². The average molecular weight is 305 g/mol. The molecule has 0 spiro atoms. The van der Waals surface area contributed by atoms with E-state index in [2.05, 4.69) is 34.6 Å². The molecule has 21 heavy (non-hydrogen) atoms. The van der Waals surface area contributed by atoms with Crippen molar-refractivity contribution in [3.05, 3.63) is 45.9 Å². The van der Waals surface area contributed by atoms with Gasteiger partial charge >= 0.3 is 0 Å². The number of rotatable bonds is 5. The zero-order chi connectivity index (χ0) is 14.5. The highest BCUT2D eigenvalue weighted by Gasteiger charge is 2.24. The molecule has 0 amide bonds. The normalized spacial score (nSPS) is 20.3. The first-order chi connectivity index (χ1) is 10.4. The molecule has 6 heteroatoms. The van der Waals surface area contributed by atoms with Crippen LogP contribution in [0.5, 0.6) is 0 Å². The minimum atomic E-state index is -0.0805. The van der Waals surface area contributed by atoms with Crippen molar-refractivity contribution in [1.29, 1.82) is 0 Å². The SMILES string of the molecule is CCNC(c1ccccc1)c1nnc(C2COCCO2)s1. The highest BCUT2D eigenvalue weighted by atomic mass is 32.1. The van der Waals surface area contributed by atoms with Crippen molar-refractivity contribution >= 4 is 11.3 Å². The van der Waals surface area contributed by atoms with Gasteiger partial charge in [-0.05, 0) is 12.1 Å². The second kappa shape index (κ2) is 7.09. The van der Waals surface area contributed by atoms with Crippen LogP contribution in [0.3, 0.4) is 0 Å². The number of benzene rings is 1. The molecule has 2 heterocycles. The number of hydrogen-bond donors (Lipinski definition) is 1. The third kappa shape index (κ3) is 3.47. The van der Waals surface area contributed by atoms with Crippen LogP contribution in [0.4, 0.5) is 0 Å². The highest BCUT2D eigenvalue weighted by Crippen LogP contribution is 2.29. The summed E-state index contributed by atoms with van der Waals surface area (Å²) in [6, 6.07) is 10.4. The van der Waals surface area contributed by atoms with Crippen molar-refractivity contribution in [1.82, 2.24) is 15.5 Å². The van der Waals surface area contributed by atoms with E-state index in [1.165, 1.54) is 5.56 Å². The first kappa shape index (κ1) is 14.6. The van der Waals surface area contributed by atoms with Gasteiger partial charge in [0.05, 0.1) is 25.9 Å². The van der Waals surface area contributed by atoms with Gasteiger partial charge in [0.2, 0.25) is 0 Å². The summed E-state index contributed by atoms with van der Waals surface area (Å²) in [5, 5.41) is 14.0. The van der Waals surface area contributed by atoms with Crippen molar-refractivity contribution in [3.63, 3.8) is 0 Å². The largest absolute Gasteiger partial charge is 0.376 e. The van der Waals surface area contributed by atoms with Crippen LogP contribution in [0.1, 0.15) is 34.6 Å². The second-order valence-electron chi connectivity index (χ2n) is 4.81. The van der Waals surface area contributed by atoms with E-state index in [0.717, 1.165) is 16.6 Å². The Morgan fingerprint density at radius 3 is 2.86 bits per heavy atom. The number of nitrogens with zero attached hydrogens (tertiary/aromatic N) is 2. The predicted octanol–water partition coefficient (Wildman–Crippen LogP) is 2.32. The quantitative estimate of drug-likeness (QED) is 0.919. The summed E-state index contributed by atoms with van der Waals surface area (Å²) in [5.74, 6) is 0. The van der Waals surface area contributed by atoms with E-state index in [0.29, 0.717) is 19.8 Å². The molecule has 1 N–H and O–H groups in total. The Morgan fingerprint density at radius 2 is 2.14 bits per heavy atom. The van der Waals surface area contributed by atoms with Gasteiger partial charge in [0.1, 0.15) is 16.1 Å². The molecular formula is C15H19N3O2S. The molecule has 112 valence electrons. The van der Waals surface area contributed by atoms with Gasteiger partial charge < -0.3 is 14.8 Å². The number of hydrogen-bond acceptors (Lipinski definition) is 6. The van der Waals surface area contributed by atoms with Crippen LogP contribution in [0, 0.1) is 0 Å². The molecule has 0 bridgehead atoms. The first-order valence-corrected chi connectivity index (χ1v) is 8.01. The van der Waals surface area contributed by atoms with Crippen LogP contribution in [-0.2, 0) is 9.47 Å². The van der Waals surface area contributed by atoms with E-state index in [4.69, 9.17) is 9.47 Å². The van der Waals surface area contributed by atoms with E-state index < -0.39 is 0 Å². The van der Waals surface area contributed by atoms with Gasteiger partial charge in [-0.1, -0.05) is 48.6 Å². The van der Waals surface area contributed by atoms with Gasteiger partial charge in [-0.25, -0.2) is 0 Å². The zero-order valence-electron chi connectivity index (χ0n) is 12.0. The Bertz CT molecular complexity index is 555. The smallest absolute Gasteiger partial charge is 0.148 e. The summed E-state index contributed by atoms with van der Waals surface area (Å²) in [6.45, 7) is 4.81. The molecule has 2 atom stereocenters. The molecule has 1 fully saturated rings. The number of nitrogens with one attached hydrogen (secondary N) is 1. The van der Waals surface area contributed by atoms with Gasteiger partial charge in [-0.3, -0.25) is 0 Å². The van der Waals surface area contributed by atoms with Gasteiger partial charge in [-0.15, -0.1) is 10.2 Å². The lowest BCUT2D eigenvalue weighted by atomic mass is 10.1. The Labute approximate surface area is 128 Å². The summed E-state index contributed by atoms with van der Waals surface area (Å²) in [7, 11) is 0. The van der Waals surface area contributed by atoms with Crippen LogP contribution in [0.2, 0.25) is 0 Å². The topological polar surface area (TPSA) is 56.3 Å². The Morgan fingerprint density at radius 1 is 1.29 bits per heavy atom. The van der Waals surface area contributed by atoms with Gasteiger partial charge in [0.25, 0.3) is 0 Å². The fraction of sp³-hybridized carbons (Fsp3) is 0.467. The monoisotopic (exact) mass is 305 g/mol. The molecule has 5 nitrogen and oxygen atoms in total. The van der Waals surface area contributed by atoms with Crippen LogP contribution in [0.25, 0.3) is 0 Å². The summed E-state index contributed by atoms with van der Waals surface area (Å²) >= 11 is 1.59. The highest BCUT2D eigenvalue weighted by molar-refractivity contribution is 7.11. The second-order valence-corrected chi connectivity index (χ2v) is 5.85. The molecule has 0 radical (unpaired) electrons. The predicted molar refractivity (Wildman–Crippen MR) is 81.4 cm³/mol. The van der Waals surface area contributed by atoms with E-state index in [-0.39, 0.29) is 12.1 Å². The van der Waals surface area contributed by atoms with Crippen LogP contribution >= 0.6 is 11.3 Å². The fourth-order valence-electron chi connectivity index (χ4n) is 2.32. The Hall–Kier alpha value is -1.34. The van der Waals surface area contributed by atoms with Crippen molar-refractivity contribution in [2.45, 2.75) is 19.1 Å². The third-order valence-corrected chi connectivity index (χ3v) is 4.42. The molecule has 1 aliphatic rings. The fourth-order valence-corrected chi connectivity index (χ4v) is 3.30. The summed E-state index contributed by atoms with van der Waals surface area (Å²) in [4.78, 5) is 0. The molecule has 1 aromatic heterocycles. The molecule has 1 aromatic carbocycles. The summed E-state index contributed by atoms with van der Waals surface area (Å²) in [5.41, 5.74) is 1.20. The van der Waals surface area contributed by atoms with E-state index >= 15 is 0 Å². The van der Waals surface area contributed by atoms with Crippen molar-refractivity contribution in [2.75, 3.05) is 26.4 Å². The number of ether oxygens (including phenoxy) is 2. The van der Waals surface area contributed by atoms with Crippen LogP contribution in [0.15, 0.2) is 30.3 Å². The molecule has 1 saturated heterocycles. The number of aromatic nitrogens is 2. The standard InChI is InChI=1S/C15H19N3O2S/c1-2-16-13(11-6-4-3-5-7-11)15-18-17-14(21-15)12-10-19-8-9-20-12/h3-7,12-13,16H,2,8-10H2,1H3. The maximum Gasteiger partial charge on any atom is 0.148 e. The van der Waals surface area contributed by atoms with E-state index in [1.807, 2.05) is 18.2 Å². The van der Waals surface area contributed by atoms with E-state index in [9.17, 15) is 0 Å². The Kier molecular flexibility index (Phi) is 4.92. The molecule has 2 unspecified atom stereocenters. The summed E-state index contributed by atoms with van der Waals surface area (Å²) < 4.78 is 11.1. The molecular weight excluding hydrogens is 286 g/mol. The molecule has 1 aliphatic heterocycles. The van der Waals surface area contributed by atoms with Gasteiger partial charge in [-0.2, -0.15) is 0 Å². The van der Waals surface area contributed by atoms with Crippen molar-refractivity contribution in [3.8, 4) is 0 Å². The van der Waals surface area contributed by atoms with Crippen molar-refractivity contribution in [2.24, 2.45) is 0 Å². The van der Waals surface area contributed by atoms with Gasteiger partial charge in [0.15, 0.2) is 0 Å². The summed E-state index contributed by atoms with van der Waals surface area (Å²) in [6.07, 6.45) is -0.0805. The minimum absolute atomic E-state index is 0.0759. The third-order valence-electron chi connectivity index (χ3n) is 3.34. The molecule has 2 aromatic rings. The maximum absolute atomic E-state index is 5.69. The molecule has 3 rings (SSSR count). The van der Waals surface area contributed by atoms with Crippen LogP contribution in [-0.4, -0.2) is 36.6 Å². The van der Waals surface area contributed by atoms with Gasteiger partial charge in [0, 0.05) is 0 Å². The Balaban J connectivity index is 1.81. The lowest BCUT2D eigenvalue weighted by molar-refractivity contribution is -0.0903. The lowest BCUT2D eigenvalue weighted by Gasteiger charge is -2.20. The first-order valence-electron chi connectivity index (χ1n) is 7.19. The molecule has 0 saturated carbocycles. The van der Waals surface area contributed by atoms with Crippen molar-refractivity contribution < 1.29 is 9.47 Å². The van der Waals surface area contributed by atoms with E-state index in [1.54, 1.807) is 11.3 Å². The lowest BCUT2D eigenvalue weighted by Crippen LogP contribution is -2.22. The zero-order valence-corrected chi connectivity index (χ0v) is 12.8.